The first-order valence-electron chi connectivity index (χ1n) is 12.7. The summed E-state index contributed by atoms with van der Waals surface area (Å²) >= 11 is 0. The Morgan fingerprint density at radius 3 is 2.22 bits per heavy atom. The van der Waals surface area contributed by atoms with Crippen molar-refractivity contribution in [3.8, 4) is 0 Å². The molecule has 1 aromatic rings. The van der Waals surface area contributed by atoms with E-state index in [0.717, 1.165) is 31.4 Å². The maximum absolute atomic E-state index is 13.2. The molecule has 2 N–H and O–H groups in total. The van der Waals surface area contributed by atoms with E-state index in [4.69, 9.17) is 0 Å². The van der Waals surface area contributed by atoms with Gasteiger partial charge in [0.15, 0.2) is 0 Å². The molecule has 1 aromatic carbocycles. The number of carboxylic acids is 1. The summed E-state index contributed by atoms with van der Waals surface area (Å²) in [5.41, 5.74) is -1.18. The fourth-order valence-electron chi connectivity index (χ4n) is 5.85. The van der Waals surface area contributed by atoms with Crippen molar-refractivity contribution in [2.24, 2.45) is 5.92 Å². The second-order valence-electron chi connectivity index (χ2n) is 10.5. The monoisotopic (exact) mass is 523 g/mol. The first-order valence-corrected chi connectivity index (χ1v) is 12.7. The summed E-state index contributed by atoms with van der Waals surface area (Å²) in [5, 5.41) is 20.2. The number of hydrogen-bond acceptors (Lipinski definition) is 3. The van der Waals surface area contributed by atoms with Gasteiger partial charge in [-0.05, 0) is 75.1 Å². The zero-order valence-electron chi connectivity index (χ0n) is 20.3. The van der Waals surface area contributed by atoms with Crippen molar-refractivity contribution < 1.29 is 41.4 Å². The second-order valence-corrected chi connectivity index (χ2v) is 10.5. The first-order chi connectivity index (χ1) is 16.8. The molecule has 2 unspecified atom stereocenters. The van der Waals surface area contributed by atoms with E-state index < -0.39 is 48.0 Å². The number of nitrogens with zero attached hydrogens (tertiary/aromatic N) is 1. The molecular formula is C26H35F6NO3. The minimum atomic E-state index is -4.51. The Labute approximate surface area is 207 Å². The third-order valence-corrected chi connectivity index (χ3v) is 7.80. The molecule has 10 heteroatoms. The molecule has 0 aromatic heterocycles. The van der Waals surface area contributed by atoms with E-state index in [1.54, 1.807) is 0 Å². The minimum Gasteiger partial charge on any atom is -0.481 e. The highest BCUT2D eigenvalue weighted by Gasteiger charge is 2.39. The average Bonchev–Trinajstić information content (AvgIpc) is 2.78. The van der Waals surface area contributed by atoms with Gasteiger partial charge in [-0.25, -0.2) is 0 Å². The number of alkyl halides is 6. The Bertz CT molecular complexity index is 849. The molecule has 0 bridgehead atoms. The lowest BCUT2D eigenvalue weighted by Crippen LogP contribution is -2.45. The van der Waals surface area contributed by atoms with Crippen LogP contribution in [0.2, 0.25) is 0 Å². The molecule has 1 heterocycles. The van der Waals surface area contributed by atoms with Crippen LogP contribution in [0.5, 0.6) is 0 Å². The Morgan fingerprint density at radius 1 is 1.03 bits per heavy atom. The molecule has 36 heavy (non-hydrogen) atoms. The van der Waals surface area contributed by atoms with Crippen LogP contribution < -0.4 is 0 Å². The normalized spacial score (nSPS) is 24.4. The van der Waals surface area contributed by atoms with Crippen LogP contribution >= 0.6 is 0 Å². The molecule has 1 saturated heterocycles. The number of benzene rings is 1. The number of hydrogen-bond donors (Lipinski definition) is 2. The van der Waals surface area contributed by atoms with Crippen LogP contribution in [0.4, 0.5) is 26.3 Å². The van der Waals surface area contributed by atoms with Crippen LogP contribution in [0.15, 0.2) is 24.3 Å². The number of likely N-dealkylation sites (tertiary alicyclic amines) is 1. The molecule has 0 amide bonds. The van der Waals surface area contributed by atoms with Crippen LogP contribution in [0.1, 0.15) is 94.2 Å². The van der Waals surface area contributed by atoms with E-state index >= 15 is 0 Å². The summed E-state index contributed by atoms with van der Waals surface area (Å²) in [5.74, 6) is -1.20. The maximum atomic E-state index is 13.2. The molecule has 0 radical (unpaired) electrons. The van der Waals surface area contributed by atoms with Crippen LogP contribution in [-0.2, 0) is 11.0 Å². The van der Waals surface area contributed by atoms with Crippen molar-refractivity contribution in [2.75, 3.05) is 6.54 Å². The van der Waals surface area contributed by atoms with Gasteiger partial charge in [0, 0.05) is 24.9 Å². The third-order valence-electron chi connectivity index (χ3n) is 7.80. The lowest BCUT2D eigenvalue weighted by molar-refractivity contribution is -0.142. The lowest BCUT2D eigenvalue weighted by atomic mass is 9.79. The lowest BCUT2D eigenvalue weighted by Gasteiger charge is -2.45. The van der Waals surface area contributed by atoms with Gasteiger partial charge in [0.2, 0.25) is 0 Å². The van der Waals surface area contributed by atoms with Crippen molar-refractivity contribution in [1.82, 2.24) is 4.90 Å². The smallest absolute Gasteiger partial charge is 0.416 e. The van der Waals surface area contributed by atoms with Crippen LogP contribution in [0.3, 0.4) is 0 Å². The molecule has 2 fully saturated rings. The second kappa shape index (κ2) is 11.7. The molecule has 2 aliphatic rings. The molecule has 1 saturated carbocycles. The fraction of sp³-hybridized carbons (Fsp3) is 0.731. The molecule has 1 aliphatic heterocycles. The molecule has 3 atom stereocenters. The summed E-state index contributed by atoms with van der Waals surface area (Å²) in [6.45, 7) is 0.352. The van der Waals surface area contributed by atoms with Gasteiger partial charge in [0.25, 0.3) is 0 Å². The van der Waals surface area contributed by atoms with Crippen LogP contribution in [-0.4, -0.2) is 45.4 Å². The van der Waals surface area contributed by atoms with Crippen molar-refractivity contribution in [3.63, 3.8) is 0 Å². The third kappa shape index (κ3) is 8.36. The van der Waals surface area contributed by atoms with E-state index in [-0.39, 0.29) is 18.8 Å². The van der Waals surface area contributed by atoms with Crippen LogP contribution in [0, 0.1) is 5.92 Å². The standard InChI is InChI=1S/C26H35F6NO3/c27-25(28,29)14-9-21(8-13-24(36)11-2-1-3-12-24)33-15-10-18(17-23(34)35)16-22(33)19-4-6-20(7-5-19)26(30,31)32/h4-7,18,21-22,36H,1-3,8-17H2,(H,34,35)/t18?,21-,22?/m1/s1. The quantitative estimate of drug-likeness (QED) is 0.339. The number of aliphatic carboxylic acids is 1. The largest absolute Gasteiger partial charge is 0.481 e. The van der Waals surface area contributed by atoms with E-state index in [1.807, 2.05) is 4.90 Å². The predicted molar refractivity (Wildman–Crippen MR) is 122 cm³/mol. The van der Waals surface area contributed by atoms with Gasteiger partial charge in [-0.3, -0.25) is 9.69 Å². The number of aliphatic hydroxyl groups is 1. The van der Waals surface area contributed by atoms with Gasteiger partial charge in [-0.15, -0.1) is 0 Å². The van der Waals surface area contributed by atoms with Gasteiger partial charge < -0.3 is 10.2 Å². The Balaban J connectivity index is 1.86. The molecule has 1 aliphatic carbocycles. The van der Waals surface area contributed by atoms with E-state index in [1.165, 1.54) is 12.1 Å². The highest BCUT2D eigenvalue weighted by Crippen LogP contribution is 2.42. The zero-order valence-corrected chi connectivity index (χ0v) is 20.3. The zero-order chi connectivity index (χ0) is 26.6. The van der Waals surface area contributed by atoms with Crippen molar-refractivity contribution in [2.45, 2.75) is 107 Å². The van der Waals surface area contributed by atoms with Crippen molar-refractivity contribution in [3.05, 3.63) is 35.4 Å². The molecule has 4 nitrogen and oxygen atoms in total. The van der Waals surface area contributed by atoms with Gasteiger partial charge in [0.1, 0.15) is 0 Å². The van der Waals surface area contributed by atoms with Crippen LogP contribution in [0.25, 0.3) is 0 Å². The Kier molecular flexibility index (Phi) is 9.36. The first kappa shape index (κ1) is 28.8. The van der Waals surface area contributed by atoms with Gasteiger partial charge in [0.05, 0.1) is 11.2 Å². The van der Waals surface area contributed by atoms with Gasteiger partial charge >= 0.3 is 18.3 Å². The van der Waals surface area contributed by atoms with Crippen molar-refractivity contribution >= 4 is 5.97 Å². The van der Waals surface area contributed by atoms with Gasteiger partial charge in [-0.1, -0.05) is 31.4 Å². The number of rotatable bonds is 9. The van der Waals surface area contributed by atoms with Gasteiger partial charge in [-0.2, -0.15) is 26.3 Å². The van der Waals surface area contributed by atoms with E-state index in [9.17, 15) is 41.4 Å². The predicted octanol–water partition coefficient (Wildman–Crippen LogP) is 7.12. The number of halogens is 6. The summed E-state index contributed by atoms with van der Waals surface area (Å²) in [4.78, 5) is 13.2. The Morgan fingerprint density at radius 2 is 1.67 bits per heavy atom. The summed E-state index contributed by atoms with van der Waals surface area (Å²) in [7, 11) is 0. The fourth-order valence-corrected chi connectivity index (χ4v) is 5.85. The molecule has 0 spiro atoms. The summed E-state index contributed by atoms with van der Waals surface area (Å²) < 4.78 is 78.9. The van der Waals surface area contributed by atoms with E-state index in [2.05, 4.69) is 0 Å². The Hall–Kier alpha value is -1.81. The molecule has 204 valence electrons. The number of piperidine rings is 1. The average molecular weight is 524 g/mol. The molecule has 3 rings (SSSR count). The number of carboxylic acid groups (broad SMARTS) is 1. The van der Waals surface area contributed by atoms with E-state index in [0.29, 0.717) is 50.6 Å². The highest BCUT2D eigenvalue weighted by atomic mass is 19.4. The number of carbonyl (C=O) groups is 1. The highest BCUT2D eigenvalue weighted by molar-refractivity contribution is 5.67. The SMILES string of the molecule is O=C(O)CC1CCN([C@@H](CCC(F)(F)F)CCC2(O)CCCCC2)C(c2ccc(C(F)(F)F)cc2)C1. The molecular weight excluding hydrogens is 488 g/mol. The summed E-state index contributed by atoms with van der Waals surface area (Å²) in [6, 6.07) is 3.59. The maximum Gasteiger partial charge on any atom is 0.416 e. The minimum absolute atomic E-state index is 0.0993. The topological polar surface area (TPSA) is 60.8 Å². The van der Waals surface area contributed by atoms with Crippen molar-refractivity contribution in [1.29, 1.82) is 0 Å². The summed E-state index contributed by atoms with van der Waals surface area (Å²) in [6.07, 6.45) is -4.62.